The highest BCUT2D eigenvalue weighted by Crippen LogP contribution is 2.26. The average molecular weight is 386 g/mol. The second kappa shape index (κ2) is 8.95. The predicted octanol–water partition coefficient (Wildman–Crippen LogP) is 3.55. The van der Waals surface area contributed by atoms with Crippen molar-refractivity contribution in [2.24, 2.45) is 0 Å². The van der Waals surface area contributed by atoms with Crippen LogP contribution in [0.25, 0.3) is 0 Å². The molecule has 5 heteroatoms. The molecule has 1 aromatic carbocycles. The number of carbonyl (C=O) groups is 1. The van der Waals surface area contributed by atoms with Crippen molar-refractivity contribution in [2.75, 3.05) is 6.54 Å². The second-order valence-corrected chi connectivity index (χ2v) is 7.53. The number of benzene rings is 1. The van der Waals surface area contributed by atoms with Crippen LogP contribution in [0.1, 0.15) is 52.8 Å². The summed E-state index contributed by atoms with van der Waals surface area (Å²) in [5, 5.41) is 3.04. The minimum atomic E-state index is -0.0594. The maximum absolute atomic E-state index is 12.7. The molecular weight excluding hydrogens is 360 g/mol. The summed E-state index contributed by atoms with van der Waals surface area (Å²) in [7, 11) is 0. The van der Waals surface area contributed by atoms with Gasteiger partial charge in [0, 0.05) is 48.6 Å². The number of carbonyl (C=O) groups excluding carboxylic acids is 1. The van der Waals surface area contributed by atoms with Crippen molar-refractivity contribution in [2.45, 2.75) is 44.9 Å². The normalized spacial score (nSPS) is 13.7. The van der Waals surface area contributed by atoms with Crippen LogP contribution in [0.2, 0.25) is 0 Å². The summed E-state index contributed by atoms with van der Waals surface area (Å²) in [4.78, 5) is 26.5. The molecule has 4 rings (SSSR count). The zero-order valence-corrected chi connectivity index (χ0v) is 16.8. The number of hydrogen-bond donors (Lipinski definition) is 1. The van der Waals surface area contributed by atoms with Crippen molar-refractivity contribution in [3.05, 3.63) is 88.8 Å². The molecule has 0 radical (unpaired) electrons. The van der Waals surface area contributed by atoms with E-state index >= 15 is 0 Å². The van der Waals surface area contributed by atoms with E-state index < -0.39 is 0 Å². The Kier molecular flexibility index (Phi) is 5.94. The van der Waals surface area contributed by atoms with Gasteiger partial charge in [-0.05, 0) is 49.4 Å². The van der Waals surface area contributed by atoms with E-state index in [2.05, 4.69) is 22.2 Å². The third-order valence-corrected chi connectivity index (χ3v) is 5.49. The van der Waals surface area contributed by atoms with Crippen molar-refractivity contribution in [1.82, 2.24) is 20.3 Å². The van der Waals surface area contributed by atoms with Gasteiger partial charge >= 0.3 is 0 Å². The van der Waals surface area contributed by atoms with E-state index in [1.54, 1.807) is 6.20 Å². The first-order chi connectivity index (χ1) is 14.2. The van der Waals surface area contributed by atoms with Gasteiger partial charge in [0.05, 0.1) is 0 Å². The number of rotatable bonds is 7. The Morgan fingerprint density at radius 3 is 2.69 bits per heavy atom. The molecule has 1 aliphatic carbocycles. The fraction of sp³-hybridized carbons (Fsp3) is 0.333. The van der Waals surface area contributed by atoms with Gasteiger partial charge in [-0.3, -0.25) is 9.78 Å². The van der Waals surface area contributed by atoms with Gasteiger partial charge in [0.25, 0.3) is 0 Å². The Balaban J connectivity index is 1.38. The Morgan fingerprint density at radius 2 is 1.90 bits per heavy atom. The van der Waals surface area contributed by atoms with Crippen molar-refractivity contribution in [3.8, 4) is 0 Å². The maximum atomic E-state index is 12.7. The lowest BCUT2D eigenvalue weighted by molar-refractivity contribution is -0.121. The lowest BCUT2D eigenvalue weighted by Gasteiger charge is -2.17. The highest BCUT2D eigenvalue weighted by Gasteiger charge is 2.20. The molecule has 0 fully saturated rings. The van der Waals surface area contributed by atoms with Gasteiger partial charge < -0.3 is 5.32 Å². The first kappa shape index (κ1) is 19.2. The third kappa shape index (κ3) is 4.67. The van der Waals surface area contributed by atoms with Crippen LogP contribution in [0.4, 0.5) is 0 Å². The van der Waals surface area contributed by atoms with Gasteiger partial charge in [0.1, 0.15) is 5.82 Å². The molecule has 3 aromatic rings. The highest BCUT2D eigenvalue weighted by atomic mass is 16.1. The molecule has 1 N–H and O–H groups in total. The lowest BCUT2D eigenvalue weighted by Crippen LogP contribution is -2.28. The number of pyridine rings is 1. The lowest BCUT2D eigenvalue weighted by atomic mass is 9.91. The Morgan fingerprint density at radius 1 is 1.07 bits per heavy atom. The molecule has 2 heterocycles. The van der Waals surface area contributed by atoms with Gasteiger partial charge in [-0.25, -0.2) is 9.97 Å². The summed E-state index contributed by atoms with van der Waals surface area (Å²) in [6, 6.07) is 15.9. The Bertz CT molecular complexity index is 933. The van der Waals surface area contributed by atoms with E-state index in [-0.39, 0.29) is 11.8 Å². The summed E-state index contributed by atoms with van der Waals surface area (Å²) in [5.74, 6) is 0.783. The average Bonchev–Trinajstić information content (AvgIpc) is 3.23. The summed E-state index contributed by atoms with van der Waals surface area (Å²) in [6.45, 7) is 2.60. The number of hydrogen-bond acceptors (Lipinski definition) is 4. The summed E-state index contributed by atoms with van der Waals surface area (Å²) in [6.07, 6.45) is 6.09. The molecule has 1 aliphatic rings. The summed E-state index contributed by atoms with van der Waals surface area (Å²) >= 11 is 0. The fourth-order valence-corrected chi connectivity index (χ4v) is 4.03. The van der Waals surface area contributed by atoms with Crippen molar-refractivity contribution in [3.63, 3.8) is 0 Å². The smallest absolute Gasteiger partial charge is 0.221 e. The van der Waals surface area contributed by atoms with Crippen LogP contribution >= 0.6 is 0 Å². The molecule has 0 aliphatic heterocycles. The molecule has 0 bridgehead atoms. The molecule has 0 saturated heterocycles. The van der Waals surface area contributed by atoms with E-state index in [1.807, 2.05) is 48.5 Å². The minimum absolute atomic E-state index is 0.0161. The van der Waals surface area contributed by atoms with Crippen LogP contribution < -0.4 is 5.32 Å². The minimum Gasteiger partial charge on any atom is -0.356 e. The fourth-order valence-electron chi connectivity index (χ4n) is 4.03. The quantitative estimate of drug-likeness (QED) is 0.674. The Labute approximate surface area is 171 Å². The van der Waals surface area contributed by atoms with E-state index in [1.165, 1.54) is 17.7 Å². The number of aryl methyl sites for hydroxylation is 2. The first-order valence-electron chi connectivity index (χ1n) is 10.3. The van der Waals surface area contributed by atoms with Gasteiger partial charge in [0.2, 0.25) is 5.91 Å². The Hall–Kier alpha value is -3.08. The molecule has 0 unspecified atom stereocenters. The number of nitrogens with one attached hydrogen (secondary N) is 1. The van der Waals surface area contributed by atoms with Crippen LogP contribution in [0.15, 0.2) is 54.7 Å². The second-order valence-electron chi connectivity index (χ2n) is 7.53. The predicted molar refractivity (Wildman–Crippen MR) is 113 cm³/mol. The molecule has 1 atom stereocenters. The summed E-state index contributed by atoms with van der Waals surface area (Å²) < 4.78 is 0. The highest BCUT2D eigenvalue weighted by molar-refractivity contribution is 5.77. The SMILES string of the molecule is Cc1nc(CCNC(=O)C[C@H](c2ccccc2)c2ccccn2)nc2c1CCC2. The molecule has 148 valence electrons. The van der Waals surface area contributed by atoms with Crippen molar-refractivity contribution >= 4 is 5.91 Å². The monoisotopic (exact) mass is 386 g/mol. The van der Waals surface area contributed by atoms with Gasteiger partial charge in [-0.2, -0.15) is 0 Å². The largest absolute Gasteiger partial charge is 0.356 e. The third-order valence-electron chi connectivity index (χ3n) is 5.49. The molecule has 2 aromatic heterocycles. The number of amides is 1. The molecule has 29 heavy (non-hydrogen) atoms. The van der Waals surface area contributed by atoms with Crippen LogP contribution in [0.3, 0.4) is 0 Å². The van der Waals surface area contributed by atoms with Crippen LogP contribution in [0.5, 0.6) is 0 Å². The molecule has 0 saturated carbocycles. The van der Waals surface area contributed by atoms with Crippen molar-refractivity contribution < 1.29 is 4.79 Å². The molecule has 0 spiro atoms. The number of fused-ring (bicyclic) bond motifs is 1. The van der Waals surface area contributed by atoms with Gasteiger partial charge in [-0.15, -0.1) is 0 Å². The zero-order chi connectivity index (χ0) is 20.1. The maximum Gasteiger partial charge on any atom is 0.221 e. The van der Waals surface area contributed by atoms with E-state index in [0.717, 1.165) is 35.6 Å². The van der Waals surface area contributed by atoms with Crippen LogP contribution in [0, 0.1) is 6.92 Å². The standard InChI is InChI=1S/C24H26N4O/c1-17-19-10-7-12-22(19)28-23(27-17)13-15-26-24(29)16-20(18-8-3-2-4-9-18)21-11-5-6-14-25-21/h2-6,8-9,11,14,20H,7,10,12-13,15-16H2,1H3,(H,26,29)/t20-/m1/s1. The topological polar surface area (TPSA) is 67.8 Å². The first-order valence-corrected chi connectivity index (χ1v) is 10.3. The number of aromatic nitrogens is 3. The van der Waals surface area contributed by atoms with E-state index in [4.69, 9.17) is 4.98 Å². The molecular formula is C24H26N4O. The summed E-state index contributed by atoms with van der Waals surface area (Å²) in [5.41, 5.74) is 5.61. The van der Waals surface area contributed by atoms with Crippen LogP contribution in [-0.2, 0) is 24.1 Å². The molecule has 5 nitrogen and oxygen atoms in total. The van der Waals surface area contributed by atoms with E-state index in [9.17, 15) is 4.79 Å². The zero-order valence-electron chi connectivity index (χ0n) is 16.8. The van der Waals surface area contributed by atoms with Gasteiger partial charge in [0.15, 0.2) is 0 Å². The van der Waals surface area contributed by atoms with Crippen LogP contribution in [-0.4, -0.2) is 27.4 Å². The van der Waals surface area contributed by atoms with Crippen molar-refractivity contribution in [1.29, 1.82) is 0 Å². The van der Waals surface area contributed by atoms with Gasteiger partial charge in [-0.1, -0.05) is 36.4 Å². The number of nitrogens with zero attached hydrogens (tertiary/aromatic N) is 3. The van der Waals surface area contributed by atoms with E-state index in [0.29, 0.717) is 19.4 Å². The molecule has 1 amide bonds.